The Morgan fingerprint density at radius 3 is 0.757 bits per heavy atom. The molecule has 0 aromatic heterocycles. The van der Waals surface area contributed by atoms with Gasteiger partial charge in [0.25, 0.3) is 77.6 Å². The van der Waals surface area contributed by atoms with Crippen molar-refractivity contribution in [1.29, 1.82) is 0 Å². The Bertz CT molecular complexity index is 6250. The van der Waals surface area contributed by atoms with Gasteiger partial charge in [-0.25, -0.2) is 0 Å². The minimum absolute atomic E-state index is 0.0666. The molecule has 4 heterocycles. The number of fused-ring (bicyclic) bond motifs is 4. The summed E-state index contributed by atoms with van der Waals surface area (Å²) in [5.41, 5.74) is 7.21. The van der Waals surface area contributed by atoms with Crippen molar-refractivity contribution in [3.63, 3.8) is 0 Å². The van der Waals surface area contributed by atoms with E-state index in [1.807, 2.05) is 132 Å². The quantitative estimate of drug-likeness (QED) is 0.0201. The molecule has 13 aromatic carbocycles. The van der Waals surface area contributed by atoms with Crippen molar-refractivity contribution in [1.82, 2.24) is 24.5 Å². The molecule has 0 fully saturated rings. The van der Waals surface area contributed by atoms with E-state index in [1.54, 1.807) is 36.4 Å². The van der Waals surface area contributed by atoms with Gasteiger partial charge in [-0.15, -0.1) is 0 Å². The number of carbonyl (C=O) groups is 8. The fraction of sp³-hybridized carbons (Fsp3) is 0.258. The summed E-state index contributed by atoms with van der Waals surface area (Å²) in [6.07, 6.45) is 1.38. The van der Waals surface area contributed by atoms with Crippen LogP contribution in [0.2, 0.25) is 0 Å². The van der Waals surface area contributed by atoms with Gasteiger partial charge in [-0.05, 0) is 210 Å². The zero-order chi connectivity index (χ0) is 82.8. The Labute approximate surface area is 666 Å². The Kier molecular flexibility index (Phi) is 22.6. The number of nitrogens with zero attached hydrogens (tertiary/aromatic N) is 6. The minimum atomic E-state index is -4.02. The van der Waals surface area contributed by atoms with Crippen LogP contribution in [-0.4, -0.2) is 190 Å². The van der Waals surface area contributed by atoms with E-state index in [4.69, 9.17) is 9.11 Å². The van der Waals surface area contributed by atoms with Gasteiger partial charge in [0.2, 0.25) is 0 Å². The van der Waals surface area contributed by atoms with Gasteiger partial charge in [-0.2, -0.15) is 25.3 Å². The maximum absolute atomic E-state index is 13.8. The third-order valence-corrected chi connectivity index (χ3v) is 25.6. The summed E-state index contributed by atoms with van der Waals surface area (Å²) in [4.78, 5) is 116. The number of quaternary nitrogens is 1. The van der Waals surface area contributed by atoms with Gasteiger partial charge in [0, 0.05) is 92.2 Å². The van der Waals surface area contributed by atoms with Crippen molar-refractivity contribution in [3.8, 4) is 0 Å². The summed E-state index contributed by atoms with van der Waals surface area (Å²) in [6.45, 7) is 24.2. The van der Waals surface area contributed by atoms with Crippen molar-refractivity contribution >= 4 is 164 Å². The molecule has 115 heavy (non-hydrogen) atoms. The molecule has 0 aliphatic carbocycles. The van der Waals surface area contributed by atoms with Gasteiger partial charge < -0.3 is 9.38 Å². The predicted octanol–water partition coefficient (Wildman–Crippen LogP) is 15.3. The summed E-state index contributed by atoms with van der Waals surface area (Å²) < 4.78 is 86.4. The molecule has 0 saturated carbocycles. The Hall–Kier alpha value is -11.3. The van der Waals surface area contributed by atoms with Crippen LogP contribution in [0.5, 0.6) is 0 Å². The van der Waals surface area contributed by atoms with Crippen LogP contribution in [0.25, 0.3) is 86.2 Å². The lowest BCUT2D eigenvalue weighted by molar-refractivity contribution is -0.905. The van der Waals surface area contributed by atoms with Gasteiger partial charge in [0.1, 0.15) is 0 Å². The number of rotatable bonds is 18. The van der Waals surface area contributed by atoms with Crippen molar-refractivity contribution in [3.05, 3.63) is 231 Å². The van der Waals surface area contributed by atoms with E-state index < -0.39 is 30.4 Å². The van der Waals surface area contributed by atoms with E-state index in [1.165, 1.54) is 56.0 Å². The Morgan fingerprint density at radius 1 is 0.322 bits per heavy atom. The molecule has 26 heteroatoms. The van der Waals surface area contributed by atoms with Gasteiger partial charge in [-0.1, -0.05) is 129 Å². The SMILES string of the molecule is CCCN1C(=O)c2ccc3c4ccc5c6c(ccc(c7ccc(c2c37)C1=O)c64)C(=O)N(CCN(CC)CC)C5=O.CCCN1C(=O)c2ccc3c4ccc5c6c(ccc(c7ccc(c2c37)C1=O)c64)C(=O)N(CC[N+](C)(CC)CC)C5=O.COS(=O)(=O)c1ccc(C)cc1.Cc1ccc(S(=O)(=O)O)cc1.Cc1ccc(S(=O)(=O)O)cc1. The van der Waals surface area contributed by atoms with Crippen LogP contribution in [0.3, 0.4) is 0 Å². The number of imide groups is 4. The van der Waals surface area contributed by atoms with Crippen molar-refractivity contribution < 1.29 is 81.4 Å². The van der Waals surface area contributed by atoms with E-state index >= 15 is 0 Å². The number of benzene rings is 13. The first-order valence-electron chi connectivity index (χ1n) is 38.1. The Morgan fingerprint density at radius 2 is 0.548 bits per heavy atom. The summed E-state index contributed by atoms with van der Waals surface area (Å²) in [5, 5.41) is 13.5. The lowest BCUT2D eigenvalue weighted by Crippen LogP contribution is -2.51. The molecule has 0 atom stereocenters. The lowest BCUT2D eigenvalue weighted by atomic mass is 9.82. The molecule has 4 aliphatic rings. The number of hydrogen-bond donors (Lipinski definition) is 2. The summed E-state index contributed by atoms with van der Waals surface area (Å²) in [6, 6.07) is 48.6. The molecule has 0 bridgehead atoms. The van der Waals surface area contributed by atoms with Gasteiger partial charge in [-0.3, -0.25) is 71.2 Å². The summed E-state index contributed by atoms with van der Waals surface area (Å²) in [7, 11) is -8.26. The first-order valence-corrected chi connectivity index (χ1v) is 42.4. The van der Waals surface area contributed by atoms with Gasteiger partial charge in [0.15, 0.2) is 0 Å². The number of hydrogen-bond acceptors (Lipinski definition) is 16. The maximum atomic E-state index is 13.8. The Balaban J connectivity index is 0.000000143. The monoisotopic (exact) mass is 1610 g/mol. The fourth-order valence-electron chi connectivity index (χ4n) is 15.9. The summed E-state index contributed by atoms with van der Waals surface area (Å²) in [5.74, 6) is -2.10. The second-order valence-electron chi connectivity index (χ2n) is 29.3. The van der Waals surface area contributed by atoms with E-state index in [2.05, 4.69) is 43.8 Å². The topological polar surface area (TPSA) is 305 Å². The average Bonchev–Trinajstić information content (AvgIpc) is 0.695. The highest BCUT2D eigenvalue weighted by atomic mass is 32.2. The molecule has 0 spiro atoms. The third-order valence-electron chi connectivity index (χ3n) is 22.6. The molecule has 0 unspecified atom stereocenters. The molecule has 13 aromatic rings. The number of amides is 8. The molecular weight excluding hydrogens is 1520 g/mol. The molecule has 592 valence electrons. The average molecular weight is 1610 g/mol. The maximum Gasteiger partial charge on any atom is 0.296 e. The molecule has 0 radical (unpaired) electrons. The highest BCUT2D eigenvalue weighted by molar-refractivity contribution is 7.87. The third kappa shape index (κ3) is 14.6. The molecule has 23 nitrogen and oxygen atoms in total. The van der Waals surface area contributed by atoms with Crippen LogP contribution < -0.4 is 0 Å². The fourth-order valence-corrected chi connectivity index (χ4v) is 17.5. The van der Waals surface area contributed by atoms with Crippen LogP contribution in [-0.2, 0) is 34.5 Å². The van der Waals surface area contributed by atoms with Crippen LogP contribution >= 0.6 is 0 Å². The second-order valence-corrected chi connectivity index (χ2v) is 33.9. The van der Waals surface area contributed by atoms with E-state index in [0.717, 1.165) is 119 Å². The minimum Gasteiger partial charge on any atom is -0.325 e. The lowest BCUT2D eigenvalue weighted by Gasteiger charge is -2.35. The first-order chi connectivity index (χ1) is 54.7. The zero-order valence-electron chi connectivity index (χ0n) is 65.6. The van der Waals surface area contributed by atoms with Gasteiger partial charge in [0.05, 0.1) is 55.0 Å². The van der Waals surface area contributed by atoms with Crippen LogP contribution in [0.15, 0.2) is 185 Å². The molecule has 4 aliphatic heterocycles. The van der Waals surface area contributed by atoms with Crippen molar-refractivity contribution in [2.75, 3.05) is 79.6 Å². The van der Waals surface area contributed by atoms with Crippen LogP contribution in [0, 0.1) is 20.8 Å². The highest BCUT2D eigenvalue weighted by Gasteiger charge is 2.40. The molecule has 8 amide bonds. The van der Waals surface area contributed by atoms with Gasteiger partial charge >= 0.3 is 0 Å². The normalized spacial score (nSPS) is 14.2. The van der Waals surface area contributed by atoms with E-state index in [-0.39, 0.29) is 61.9 Å². The summed E-state index contributed by atoms with van der Waals surface area (Å²) >= 11 is 0. The first kappa shape index (κ1) is 81.7. The number of likely N-dealkylation sites (N-methyl/N-ethyl adjacent to an activating group) is 2. The van der Waals surface area contributed by atoms with Crippen LogP contribution in [0.4, 0.5) is 0 Å². The largest absolute Gasteiger partial charge is 0.325 e. The number of aryl methyl sites for hydroxylation is 3. The van der Waals surface area contributed by atoms with Crippen molar-refractivity contribution in [2.45, 2.75) is 89.8 Å². The smallest absolute Gasteiger partial charge is 0.296 e. The van der Waals surface area contributed by atoms with Crippen LogP contribution in [0.1, 0.15) is 154 Å². The predicted molar refractivity (Wildman–Crippen MR) is 445 cm³/mol. The van der Waals surface area contributed by atoms with E-state index in [0.29, 0.717) is 118 Å². The number of carbonyl (C=O) groups excluding carboxylic acids is 8. The zero-order valence-corrected chi connectivity index (χ0v) is 68.0. The van der Waals surface area contributed by atoms with Crippen molar-refractivity contribution in [2.24, 2.45) is 0 Å². The second kappa shape index (κ2) is 31.8. The van der Waals surface area contributed by atoms with E-state index in [9.17, 15) is 63.6 Å². The molecular formula is C89H87N6O17S3+. The standard InChI is InChI=1S/C34H32N3O4.C33H29N3O4.C8H10O3S.2C7H8O3S/c1-5-16-35-31(38)23-12-8-19-21-10-14-25-30-26(34(41)36(33(25)40)17-18-37(4,6-2)7-3)15-11-22(28(21)30)20-9-13-24(32(35)39)29(23)27(19)20;1-4-15-35-30(37)22-11-7-18-20-9-13-24-29-25(33(40)36(32(24)39)17-16-34(5-2)6-3)14-10-21(27(20)29)19-8-12-23(31(35)38)28(22)26(18)19;1-7-3-5-8(6-4-7)12(9,10)11-2;2*1-6-2-4-7(5-3-6)11(8,9)10/h8-15H,5-7,16-18H2,1-4H3;7-14H,4-6,15-17H2,1-3H3;3-6H,1-2H3;2*2-5H,1H3,(H,8,9,10)/q+1;;;;. The molecule has 2 N–H and O–H groups in total. The highest BCUT2D eigenvalue weighted by Crippen LogP contribution is 2.49. The molecule has 17 rings (SSSR count). The molecule has 0 saturated heterocycles.